The topological polar surface area (TPSA) is 38.0 Å². The second-order valence-electron chi connectivity index (χ2n) is 5.60. The minimum absolute atomic E-state index is 0.320. The minimum Gasteiger partial charge on any atom is -0.398 e. The summed E-state index contributed by atoms with van der Waals surface area (Å²) in [5.41, 5.74) is 8.20. The van der Waals surface area contributed by atoms with Crippen LogP contribution in [0.4, 0.5) is 5.69 Å². The van der Waals surface area contributed by atoms with Crippen molar-refractivity contribution in [2.45, 2.75) is 34.2 Å². The summed E-state index contributed by atoms with van der Waals surface area (Å²) in [4.78, 5) is 0. The molecule has 0 aliphatic heterocycles. The number of nitrogens with two attached hydrogens (primary N) is 1. The van der Waals surface area contributed by atoms with Crippen LogP contribution in [0.1, 0.15) is 33.3 Å². The zero-order chi connectivity index (χ0) is 13.1. The number of benzene rings is 1. The van der Waals surface area contributed by atoms with E-state index < -0.39 is 0 Å². The number of nitrogen functional groups attached to an aromatic ring is 1. The lowest BCUT2D eigenvalue weighted by Crippen LogP contribution is -2.33. The quantitative estimate of drug-likeness (QED) is 0.812. The Bertz CT molecular complexity index is 372. The van der Waals surface area contributed by atoms with Crippen LogP contribution in [0.3, 0.4) is 0 Å². The van der Waals surface area contributed by atoms with Crippen LogP contribution in [0.5, 0.6) is 0 Å². The molecule has 0 aliphatic rings. The summed E-state index contributed by atoms with van der Waals surface area (Å²) in [5, 5.41) is 3.50. The van der Waals surface area contributed by atoms with Gasteiger partial charge in [-0.3, -0.25) is 0 Å². The highest BCUT2D eigenvalue weighted by Gasteiger charge is 2.21. The number of anilines is 1. The van der Waals surface area contributed by atoms with E-state index in [9.17, 15) is 0 Å². The van der Waals surface area contributed by atoms with E-state index in [1.165, 1.54) is 5.56 Å². The maximum Gasteiger partial charge on any atom is 0.0461 e. The molecule has 0 aromatic heterocycles. The van der Waals surface area contributed by atoms with Gasteiger partial charge in [-0.05, 0) is 45.0 Å². The number of halogens is 1. The first-order valence-electron chi connectivity index (χ1n) is 6.07. The third kappa shape index (κ3) is 4.32. The second-order valence-corrected chi connectivity index (χ2v) is 6.46. The van der Waals surface area contributed by atoms with Gasteiger partial charge >= 0.3 is 0 Å². The van der Waals surface area contributed by atoms with E-state index >= 15 is 0 Å². The molecule has 0 amide bonds. The van der Waals surface area contributed by atoms with Crippen LogP contribution >= 0.6 is 15.9 Å². The summed E-state index contributed by atoms with van der Waals surface area (Å²) in [6.07, 6.45) is 0. The molecule has 17 heavy (non-hydrogen) atoms. The largest absolute Gasteiger partial charge is 0.398 e. The van der Waals surface area contributed by atoms with Gasteiger partial charge in [0.25, 0.3) is 0 Å². The number of hydrogen-bond acceptors (Lipinski definition) is 2. The van der Waals surface area contributed by atoms with Crippen LogP contribution in [0.2, 0.25) is 0 Å². The fourth-order valence-corrected chi connectivity index (χ4v) is 1.68. The monoisotopic (exact) mass is 298 g/mol. The molecule has 0 aliphatic carbocycles. The van der Waals surface area contributed by atoms with E-state index in [0.717, 1.165) is 23.2 Å². The normalized spacial score (nSPS) is 12.1. The van der Waals surface area contributed by atoms with Gasteiger partial charge in [0.05, 0.1) is 0 Å². The molecular weight excluding hydrogens is 276 g/mol. The molecule has 0 spiro atoms. The minimum atomic E-state index is 0.320. The highest BCUT2D eigenvalue weighted by atomic mass is 79.9. The van der Waals surface area contributed by atoms with Gasteiger partial charge in [0, 0.05) is 23.2 Å². The fraction of sp³-hybridized carbons (Fsp3) is 0.571. The molecule has 96 valence electrons. The fourth-order valence-electron chi connectivity index (χ4n) is 1.44. The molecule has 0 fully saturated rings. The Balaban J connectivity index is 2.49. The molecule has 0 saturated carbocycles. The van der Waals surface area contributed by atoms with Crippen molar-refractivity contribution in [2.24, 2.45) is 11.3 Å². The third-order valence-electron chi connectivity index (χ3n) is 3.53. The van der Waals surface area contributed by atoms with Gasteiger partial charge in [-0.1, -0.05) is 33.8 Å². The van der Waals surface area contributed by atoms with Gasteiger partial charge in [0.2, 0.25) is 0 Å². The predicted molar refractivity (Wildman–Crippen MR) is 78.9 cm³/mol. The van der Waals surface area contributed by atoms with Crippen molar-refractivity contribution in [2.75, 3.05) is 12.3 Å². The molecular formula is C14H23BrN2. The molecule has 1 aromatic carbocycles. The van der Waals surface area contributed by atoms with Gasteiger partial charge < -0.3 is 11.1 Å². The Hall–Kier alpha value is -0.540. The van der Waals surface area contributed by atoms with Crippen LogP contribution in [0.25, 0.3) is 0 Å². The van der Waals surface area contributed by atoms with Crippen LogP contribution in [-0.2, 0) is 6.54 Å². The summed E-state index contributed by atoms with van der Waals surface area (Å²) in [6.45, 7) is 11.0. The Labute approximate surface area is 113 Å². The van der Waals surface area contributed by atoms with E-state index in [0.29, 0.717) is 11.3 Å². The Morgan fingerprint density at radius 1 is 1.35 bits per heavy atom. The first-order chi connectivity index (χ1) is 7.83. The predicted octanol–water partition coefficient (Wildman–Crippen LogP) is 3.80. The summed E-state index contributed by atoms with van der Waals surface area (Å²) in [5.74, 6) is 0.671. The molecule has 0 unspecified atom stereocenters. The maximum absolute atomic E-state index is 5.85. The zero-order valence-electron chi connectivity index (χ0n) is 11.2. The standard InChI is InChI=1S/C14H23BrN2/c1-10(2)14(3,4)9-17-8-11-5-6-12(15)13(16)7-11/h5-7,10,17H,8-9,16H2,1-4H3. The van der Waals surface area contributed by atoms with Crippen molar-refractivity contribution in [3.63, 3.8) is 0 Å². The number of rotatable bonds is 5. The highest BCUT2D eigenvalue weighted by Crippen LogP contribution is 2.25. The summed E-state index contributed by atoms with van der Waals surface area (Å²) in [7, 11) is 0. The molecule has 0 bridgehead atoms. The van der Waals surface area contributed by atoms with Gasteiger partial charge in [-0.25, -0.2) is 0 Å². The van der Waals surface area contributed by atoms with E-state index in [-0.39, 0.29) is 0 Å². The first-order valence-corrected chi connectivity index (χ1v) is 6.87. The Morgan fingerprint density at radius 2 is 2.00 bits per heavy atom. The number of nitrogens with one attached hydrogen (secondary N) is 1. The molecule has 2 nitrogen and oxygen atoms in total. The van der Waals surface area contributed by atoms with Crippen LogP contribution in [0, 0.1) is 11.3 Å². The summed E-state index contributed by atoms with van der Waals surface area (Å²) >= 11 is 3.40. The SMILES string of the molecule is CC(C)C(C)(C)CNCc1ccc(Br)c(N)c1. The molecule has 0 radical (unpaired) electrons. The number of hydrogen-bond donors (Lipinski definition) is 2. The van der Waals surface area contributed by atoms with Gasteiger partial charge in [-0.15, -0.1) is 0 Å². The molecule has 0 atom stereocenters. The zero-order valence-corrected chi connectivity index (χ0v) is 12.8. The third-order valence-corrected chi connectivity index (χ3v) is 4.26. The Morgan fingerprint density at radius 3 is 2.53 bits per heavy atom. The maximum atomic E-state index is 5.85. The van der Waals surface area contributed by atoms with E-state index in [1.807, 2.05) is 12.1 Å². The molecule has 1 aromatic rings. The molecule has 0 saturated heterocycles. The van der Waals surface area contributed by atoms with Crippen molar-refractivity contribution in [1.82, 2.24) is 5.32 Å². The van der Waals surface area contributed by atoms with Crippen molar-refractivity contribution in [1.29, 1.82) is 0 Å². The smallest absolute Gasteiger partial charge is 0.0461 e. The molecule has 0 heterocycles. The van der Waals surface area contributed by atoms with E-state index in [4.69, 9.17) is 5.73 Å². The second kappa shape index (κ2) is 5.87. The molecule has 3 N–H and O–H groups in total. The molecule has 1 rings (SSSR count). The van der Waals surface area contributed by atoms with Crippen LogP contribution < -0.4 is 11.1 Å². The van der Waals surface area contributed by atoms with E-state index in [1.54, 1.807) is 0 Å². The summed E-state index contributed by atoms with van der Waals surface area (Å²) < 4.78 is 0.962. The van der Waals surface area contributed by atoms with Gasteiger partial charge in [0.15, 0.2) is 0 Å². The van der Waals surface area contributed by atoms with E-state index in [2.05, 4.69) is 55.0 Å². The van der Waals surface area contributed by atoms with Crippen molar-refractivity contribution >= 4 is 21.6 Å². The average Bonchev–Trinajstić information content (AvgIpc) is 2.23. The van der Waals surface area contributed by atoms with Crippen molar-refractivity contribution < 1.29 is 0 Å². The van der Waals surface area contributed by atoms with Crippen LogP contribution in [-0.4, -0.2) is 6.54 Å². The summed E-state index contributed by atoms with van der Waals surface area (Å²) in [6, 6.07) is 6.11. The highest BCUT2D eigenvalue weighted by molar-refractivity contribution is 9.10. The van der Waals surface area contributed by atoms with Crippen molar-refractivity contribution in [3.8, 4) is 0 Å². The lowest BCUT2D eigenvalue weighted by Gasteiger charge is -2.29. The lowest BCUT2D eigenvalue weighted by molar-refractivity contribution is 0.238. The van der Waals surface area contributed by atoms with Gasteiger partial charge in [0.1, 0.15) is 0 Å². The average molecular weight is 299 g/mol. The molecule has 3 heteroatoms. The van der Waals surface area contributed by atoms with Gasteiger partial charge in [-0.2, -0.15) is 0 Å². The van der Waals surface area contributed by atoms with Crippen molar-refractivity contribution in [3.05, 3.63) is 28.2 Å². The Kier molecular flexibility index (Phi) is 5.02. The van der Waals surface area contributed by atoms with Crippen LogP contribution in [0.15, 0.2) is 22.7 Å². The first kappa shape index (κ1) is 14.5. The lowest BCUT2D eigenvalue weighted by atomic mass is 9.81.